The minimum Gasteiger partial charge on any atom is -0.462 e. The molecule has 0 amide bonds. The van der Waals surface area contributed by atoms with E-state index in [1.54, 1.807) is 0 Å². The van der Waals surface area contributed by atoms with E-state index in [0.717, 1.165) is 6.42 Å². The zero-order valence-corrected chi connectivity index (χ0v) is 7.38. The molecule has 3 atom stereocenters. The minimum absolute atomic E-state index is 0.176. The number of rotatable bonds is 0. The first-order valence-electron chi connectivity index (χ1n) is 4.56. The SMILES string of the molecule is C=C1C(=O)OC[C@H]2C1CC[C@@H]2C. The van der Waals surface area contributed by atoms with Gasteiger partial charge in [-0.2, -0.15) is 0 Å². The van der Waals surface area contributed by atoms with Crippen LogP contribution in [0.2, 0.25) is 0 Å². The highest BCUT2D eigenvalue weighted by Crippen LogP contribution is 2.43. The normalized spacial score (nSPS) is 40.9. The number of hydrogen-bond acceptors (Lipinski definition) is 2. The van der Waals surface area contributed by atoms with Crippen LogP contribution in [0.15, 0.2) is 12.2 Å². The Morgan fingerprint density at radius 3 is 3.00 bits per heavy atom. The average Bonchev–Trinajstić information content (AvgIpc) is 2.41. The molecule has 0 aromatic carbocycles. The molecule has 0 aromatic heterocycles. The molecule has 0 bridgehead atoms. The van der Waals surface area contributed by atoms with E-state index in [2.05, 4.69) is 13.5 Å². The maximum Gasteiger partial charge on any atom is 0.333 e. The van der Waals surface area contributed by atoms with Crippen molar-refractivity contribution in [2.24, 2.45) is 17.8 Å². The zero-order valence-electron chi connectivity index (χ0n) is 7.38. The standard InChI is InChI=1S/C10H14O2/c1-6-3-4-8-7(2)10(11)12-5-9(6)8/h6,8-9H,2-5H2,1H3/t6-,8?,9+/m0/s1. The van der Waals surface area contributed by atoms with Gasteiger partial charge in [0.1, 0.15) is 0 Å². The third-order valence-electron chi connectivity index (χ3n) is 3.30. The van der Waals surface area contributed by atoms with E-state index in [1.807, 2.05) is 0 Å². The number of cyclic esters (lactones) is 1. The lowest BCUT2D eigenvalue weighted by Gasteiger charge is -2.28. The lowest BCUT2D eigenvalue weighted by atomic mass is 9.85. The smallest absolute Gasteiger partial charge is 0.333 e. The largest absolute Gasteiger partial charge is 0.462 e. The van der Waals surface area contributed by atoms with E-state index in [0.29, 0.717) is 29.9 Å². The summed E-state index contributed by atoms with van der Waals surface area (Å²) in [5, 5.41) is 0. The number of carbonyl (C=O) groups is 1. The van der Waals surface area contributed by atoms with Crippen molar-refractivity contribution in [2.75, 3.05) is 6.61 Å². The summed E-state index contributed by atoms with van der Waals surface area (Å²) in [6.45, 7) is 6.65. The van der Waals surface area contributed by atoms with Gasteiger partial charge in [-0.05, 0) is 24.7 Å². The fraction of sp³-hybridized carbons (Fsp3) is 0.700. The number of hydrogen-bond donors (Lipinski definition) is 0. The van der Waals surface area contributed by atoms with Crippen molar-refractivity contribution < 1.29 is 9.53 Å². The highest BCUT2D eigenvalue weighted by molar-refractivity contribution is 5.89. The quantitative estimate of drug-likeness (QED) is 0.405. The second-order valence-electron chi connectivity index (χ2n) is 3.95. The molecule has 1 unspecified atom stereocenters. The molecule has 0 radical (unpaired) electrons. The molecule has 0 aromatic rings. The second kappa shape index (κ2) is 2.61. The summed E-state index contributed by atoms with van der Waals surface area (Å²) in [5.74, 6) is 1.49. The summed E-state index contributed by atoms with van der Waals surface area (Å²) >= 11 is 0. The van der Waals surface area contributed by atoms with Gasteiger partial charge in [-0.3, -0.25) is 0 Å². The predicted octanol–water partition coefficient (Wildman–Crippen LogP) is 1.76. The van der Waals surface area contributed by atoms with Crippen molar-refractivity contribution in [3.63, 3.8) is 0 Å². The molecule has 1 aliphatic carbocycles. The van der Waals surface area contributed by atoms with Gasteiger partial charge in [-0.15, -0.1) is 0 Å². The summed E-state index contributed by atoms with van der Waals surface area (Å²) in [6, 6.07) is 0. The number of fused-ring (bicyclic) bond motifs is 1. The molecule has 2 rings (SSSR count). The van der Waals surface area contributed by atoms with Crippen LogP contribution in [0.5, 0.6) is 0 Å². The van der Waals surface area contributed by atoms with Crippen molar-refractivity contribution in [3.05, 3.63) is 12.2 Å². The van der Waals surface area contributed by atoms with Crippen molar-refractivity contribution in [2.45, 2.75) is 19.8 Å². The maximum atomic E-state index is 11.1. The summed E-state index contributed by atoms with van der Waals surface area (Å²) in [5.41, 5.74) is 0.704. The Kier molecular flexibility index (Phi) is 1.71. The first kappa shape index (κ1) is 7.84. The van der Waals surface area contributed by atoms with Gasteiger partial charge in [-0.1, -0.05) is 13.5 Å². The van der Waals surface area contributed by atoms with Gasteiger partial charge in [0.05, 0.1) is 6.61 Å². The molecule has 0 N–H and O–H groups in total. The average molecular weight is 166 g/mol. The number of carbonyl (C=O) groups excluding carboxylic acids is 1. The highest BCUT2D eigenvalue weighted by Gasteiger charge is 2.41. The van der Waals surface area contributed by atoms with Crippen LogP contribution >= 0.6 is 0 Å². The predicted molar refractivity (Wildman–Crippen MR) is 45.5 cm³/mol. The lowest BCUT2D eigenvalue weighted by Crippen LogP contribution is -2.31. The fourth-order valence-electron chi connectivity index (χ4n) is 2.40. The Hall–Kier alpha value is -0.790. The molecular weight excluding hydrogens is 152 g/mol. The molecule has 66 valence electrons. The van der Waals surface area contributed by atoms with Crippen LogP contribution in [0.1, 0.15) is 19.8 Å². The Balaban J connectivity index is 2.19. The summed E-state index contributed by atoms with van der Waals surface area (Å²) in [6.07, 6.45) is 2.34. The molecule has 1 heterocycles. The van der Waals surface area contributed by atoms with E-state index in [4.69, 9.17) is 4.74 Å². The van der Waals surface area contributed by atoms with E-state index in [1.165, 1.54) is 6.42 Å². The Morgan fingerprint density at radius 1 is 1.50 bits per heavy atom. The summed E-state index contributed by atoms with van der Waals surface area (Å²) in [7, 11) is 0. The highest BCUT2D eigenvalue weighted by atomic mass is 16.5. The molecule has 2 aliphatic rings. The number of ether oxygens (including phenoxy) is 1. The van der Waals surface area contributed by atoms with Crippen LogP contribution in [-0.4, -0.2) is 12.6 Å². The Labute approximate surface area is 72.6 Å². The van der Waals surface area contributed by atoms with Crippen molar-refractivity contribution in [1.82, 2.24) is 0 Å². The monoisotopic (exact) mass is 166 g/mol. The first-order chi connectivity index (χ1) is 5.70. The van der Waals surface area contributed by atoms with Crippen LogP contribution < -0.4 is 0 Å². The van der Waals surface area contributed by atoms with Gasteiger partial charge >= 0.3 is 5.97 Å². The third-order valence-corrected chi connectivity index (χ3v) is 3.30. The van der Waals surface area contributed by atoms with E-state index < -0.39 is 0 Å². The van der Waals surface area contributed by atoms with Gasteiger partial charge < -0.3 is 4.74 Å². The molecule has 1 saturated heterocycles. The maximum absolute atomic E-state index is 11.1. The van der Waals surface area contributed by atoms with E-state index in [-0.39, 0.29) is 5.97 Å². The lowest BCUT2D eigenvalue weighted by molar-refractivity contribution is -0.145. The molecular formula is C10H14O2. The second-order valence-corrected chi connectivity index (χ2v) is 3.95. The summed E-state index contributed by atoms with van der Waals surface area (Å²) in [4.78, 5) is 11.1. The van der Waals surface area contributed by atoms with Gasteiger partial charge in [0.25, 0.3) is 0 Å². The molecule has 1 saturated carbocycles. The van der Waals surface area contributed by atoms with Crippen molar-refractivity contribution >= 4 is 5.97 Å². The zero-order chi connectivity index (χ0) is 8.72. The molecule has 2 heteroatoms. The van der Waals surface area contributed by atoms with E-state index in [9.17, 15) is 4.79 Å². The van der Waals surface area contributed by atoms with Crippen LogP contribution in [0.4, 0.5) is 0 Å². The Morgan fingerprint density at radius 2 is 2.25 bits per heavy atom. The summed E-state index contributed by atoms with van der Waals surface area (Å²) < 4.78 is 5.04. The van der Waals surface area contributed by atoms with Crippen molar-refractivity contribution in [1.29, 1.82) is 0 Å². The third kappa shape index (κ3) is 0.977. The van der Waals surface area contributed by atoms with Gasteiger partial charge in [0.15, 0.2) is 0 Å². The van der Waals surface area contributed by atoms with Crippen LogP contribution in [0, 0.1) is 17.8 Å². The Bertz CT molecular complexity index is 232. The molecule has 2 nitrogen and oxygen atoms in total. The molecule has 0 spiro atoms. The van der Waals surface area contributed by atoms with Crippen LogP contribution in [0.3, 0.4) is 0 Å². The van der Waals surface area contributed by atoms with Crippen LogP contribution in [-0.2, 0) is 9.53 Å². The number of esters is 1. The van der Waals surface area contributed by atoms with Gasteiger partial charge in [0.2, 0.25) is 0 Å². The molecule has 12 heavy (non-hydrogen) atoms. The fourth-order valence-corrected chi connectivity index (χ4v) is 2.40. The van der Waals surface area contributed by atoms with Crippen molar-refractivity contribution in [3.8, 4) is 0 Å². The van der Waals surface area contributed by atoms with E-state index >= 15 is 0 Å². The van der Waals surface area contributed by atoms with Gasteiger partial charge in [0, 0.05) is 11.5 Å². The minimum atomic E-state index is -0.176. The molecule has 2 fully saturated rings. The van der Waals surface area contributed by atoms with Crippen LogP contribution in [0.25, 0.3) is 0 Å². The van der Waals surface area contributed by atoms with Gasteiger partial charge in [-0.25, -0.2) is 4.79 Å². The molecule has 1 aliphatic heterocycles. The first-order valence-corrected chi connectivity index (χ1v) is 4.56. The topological polar surface area (TPSA) is 26.3 Å².